The third-order valence-electron chi connectivity index (χ3n) is 6.92. The van der Waals surface area contributed by atoms with Crippen molar-refractivity contribution in [2.45, 2.75) is 64.4 Å². The molecule has 2 aromatic carbocycles. The van der Waals surface area contributed by atoms with Crippen LogP contribution >= 0.6 is 0 Å². The van der Waals surface area contributed by atoms with Crippen LogP contribution in [-0.2, 0) is 4.74 Å². The fourth-order valence-corrected chi connectivity index (χ4v) is 4.80. The number of hydrogen-bond donors (Lipinski definition) is 1. The lowest BCUT2D eigenvalue weighted by molar-refractivity contribution is 0.0142. The van der Waals surface area contributed by atoms with Crippen molar-refractivity contribution < 1.29 is 35.9 Å². The number of carbonyl (C=O) groups excluding carboxylic acids is 1. The molecule has 2 aliphatic heterocycles. The lowest BCUT2D eigenvalue weighted by atomic mass is 9.88. The van der Waals surface area contributed by atoms with Gasteiger partial charge < -0.3 is 15.0 Å². The minimum Gasteiger partial charge on any atom is -0.444 e. The number of benzene rings is 2. The number of rotatable bonds is 4. The van der Waals surface area contributed by atoms with Crippen LogP contribution in [0.15, 0.2) is 36.4 Å². The first-order valence-corrected chi connectivity index (χ1v) is 13.2. The minimum absolute atomic E-state index is 0.0201. The van der Waals surface area contributed by atoms with Gasteiger partial charge in [-0.15, -0.1) is 0 Å². The summed E-state index contributed by atoms with van der Waals surface area (Å²) in [5, 5.41) is 3.12. The number of alkyl halides is 2. The van der Waals surface area contributed by atoms with Gasteiger partial charge in [-0.3, -0.25) is 0 Å². The molecule has 4 nitrogen and oxygen atoms in total. The molecule has 2 atom stereocenters. The largest absolute Gasteiger partial charge is 0.444 e. The summed E-state index contributed by atoms with van der Waals surface area (Å²) in [5.74, 6) is -3.61. The molecule has 2 aliphatic rings. The van der Waals surface area contributed by atoms with Crippen LogP contribution in [0.4, 0.5) is 31.1 Å². The van der Waals surface area contributed by atoms with Crippen LogP contribution in [0.1, 0.15) is 69.9 Å². The number of piperidine rings is 2. The molecule has 216 valence electrons. The molecule has 10 heteroatoms. The van der Waals surface area contributed by atoms with E-state index in [4.69, 9.17) is 4.74 Å². The second-order valence-corrected chi connectivity index (χ2v) is 11.0. The first-order valence-electron chi connectivity index (χ1n) is 13.2. The summed E-state index contributed by atoms with van der Waals surface area (Å²) < 4.78 is 86.5. The molecule has 2 heterocycles. The second-order valence-electron chi connectivity index (χ2n) is 11.0. The Hall–Kier alpha value is -2.75. The van der Waals surface area contributed by atoms with E-state index >= 15 is 0 Å². The molecule has 0 aliphatic carbocycles. The average Bonchev–Trinajstić information content (AvgIpc) is 2.88. The van der Waals surface area contributed by atoms with Gasteiger partial charge in [-0.25, -0.2) is 31.1 Å². The van der Waals surface area contributed by atoms with Crippen molar-refractivity contribution in [3.05, 3.63) is 70.8 Å². The van der Waals surface area contributed by atoms with Gasteiger partial charge in [-0.1, -0.05) is 12.1 Å². The molecule has 2 fully saturated rings. The Labute approximate surface area is 225 Å². The van der Waals surface area contributed by atoms with E-state index in [2.05, 4.69) is 5.32 Å². The summed E-state index contributed by atoms with van der Waals surface area (Å²) >= 11 is 0. The zero-order chi connectivity index (χ0) is 28.7. The molecule has 1 N–H and O–H groups in total. The summed E-state index contributed by atoms with van der Waals surface area (Å²) in [5.41, 5.74) is -0.719. The zero-order valence-corrected chi connectivity index (χ0v) is 22.5. The van der Waals surface area contributed by atoms with Gasteiger partial charge in [-0.2, -0.15) is 0 Å². The molecule has 0 aromatic heterocycles. The highest BCUT2D eigenvalue weighted by atomic mass is 19.2. The highest BCUT2D eigenvalue weighted by molar-refractivity contribution is 5.68. The standard InChI is InChI=1S/C17H22F3NO2.C12H14F3N/c1-17(2,3)23-16(22)21-8-6-11(7-9-21)15(20)13-5-4-12(18)10-14(13)19;13-9-1-2-10(11(14)7-9)12(15)8-3-5-16-6-4-8/h4-5,10-11,15H,6-9H2,1-3H3;1-2,7-8,12,16H,3-6H2/t;12-/m.1/s1. The van der Waals surface area contributed by atoms with Crippen LogP contribution in [0.25, 0.3) is 0 Å². The van der Waals surface area contributed by atoms with Crippen molar-refractivity contribution in [2.24, 2.45) is 11.8 Å². The highest BCUT2D eigenvalue weighted by Crippen LogP contribution is 2.36. The van der Waals surface area contributed by atoms with Crippen LogP contribution in [0, 0.1) is 35.1 Å². The molecule has 0 saturated carbocycles. The van der Waals surface area contributed by atoms with Crippen molar-refractivity contribution in [3.63, 3.8) is 0 Å². The van der Waals surface area contributed by atoms with E-state index < -0.39 is 53.2 Å². The second kappa shape index (κ2) is 13.5. The average molecular weight is 559 g/mol. The van der Waals surface area contributed by atoms with E-state index in [1.807, 2.05) is 0 Å². The maximum absolute atomic E-state index is 14.5. The normalized spacial score (nSPS) is 18.6. The molecule has 0 spiro atoms. The fraction of sp³-hybridized carbons (Fsp3) is 0.552. The molecular weight excluding hydrogens is 522 g/mol. The number of hydrogen-bond acceptors (Lipinski definition) is 3. The van der Waals surface area contributed by atoms with Gasteiger partial charge in [0.2, 0.25) is 0 Å². The van der Waals surface area contributed by atoms with Crippen molar-refractivity contribution in [3.8, 4) is 0 Å². The van der Waals surface area contributed by atoms with E-state index in [0.29, 0.717) is 44.8 Å². The summed E-state index contributed by atoms with van der Waals surface area (Å²) in [4.78, 5) is 13.5. The first-order chi connectivity index (χ1) is 18.4. The van der Waals surface area contributed by atoms with E-state index in [-0.39, 0.29) is 17.0 Å². The Morgan fingerprint density at radius 3 is 1.67 bits per heavy atom. The fourth-order valence-electron chi connectivity index (χ4n) is 4.80. The molecule has 4 rings (SSSR count). The highest BCUT2D eigenvalue weighted by Gasteiger charge is 2.32. The first kappa shape index (κ1) is 30.8. The van der Waals surface area contributed by atoms with Gasteiger partial charge >= 0.3 is 6.09 Å². The summed E-state index contributed by atoms with van der Waals surface area (Å²) in [6, 6.07) is 5.95. The van der Waals surface area contributed by atoms with Gasteiger partial charge in [0.25, 0.3) is 0 Å². The van der Waals surface area contributed by atoms with Gasteiger partial charge in [0.15, 0.2) is 0 Å². The molecule has 1 unspecified atom stereocenters. The number of carbonyl (C=O) groups is 1. The number of amides is 1. The SMILES string of the molecule is CC(C)(C)OC(=O)N1CCC(C(F)c2ccc(F)cc2F)CC1.Fc1ccc([C@H](F)C2CCNCC2)c(F)c1. The van der Waals surface area contributed by atoms with Crippen molar-refractivity contribution >= 4 is 6.09 Å². The van der Waals surface area contributed by atoms with Gasteiger partial charge in [0.1, 0.15) is 41.2 Å². The van der Waals surface area contributed by atoms with Gasteiger partial charge in [0.05, 0.1) is 0 Å². The third-order valence-corrected chi connectivity index (χ3v) is 6.92. The van der Waals surface area contributed by atoms with Crippen LogP contribution in [0.3, 0.4) is 0 Å². The minimum atomic E-state index is -1.50. The Morgan fingerprint density at radius 1 is 0.821 bits per heavy atom. The van der Waals surface area contributed by atoms with Crippen molar-refractivity contribution in [2.75, 3.05) is 26.2 Å². The molecule has 39 heavy (non-hydrogen) atoms. The van der Waals surface area contributed by atoms with Crippen LogP contribution in [0.2, 0.25) is 0 Å². The molecular formula is C29H36F6N2O2. The Kier molecular flexibility index (Phi) is 10.7. The maximum Gasteiger partial charge on any atom is 0.410 e. The Balaban J connectivity index is 0.000000230. The van der Waals surface area contributed by atoms with Crippen LogP contribution in [0.5, 0.6) is 0 Å². The smallest absolute Gasteiger partial charge is 0.410 e. The number of halogens is 6. The number of likely N-dealkylation sites (tertiary alicyclic amines) is 1. The molecule has 2 saturated heterocycles. The zero-order valence-electron chi connectivity index (χ0n) is 22.5. The van der Waals surface area contributed by atoms with E-state index in [9.17, 15) is 31.1 Å². The number of nitrogens with one attached hydrogen (secondary N) is 1. The Morgan fingerprint density at radius 2 is 1.26 bits per heavy atom. The third kappa shape index (κ3) is 8.88. The van der Waals surface area contributed by atoms with Gasteiger partial charge in [-0.05, 0) is 83.5 Å². The lowest BCUT2D eigenvalue weighted by Gasteiger charge is -2.34. The van der Waals surface area contributed by atoms with Crippen molar-refractivity contribution in [1.29, 1.82) is 0 Å². The monoisotopic (exact) mass is 558 g/mol. The molecule has 2 aromatic rings. The van der Waals surface area contributed by atoms with E-state index in [1.165, 1.54) is 11.0 Å². The van der Waals surface area contributed by atoms with Crippen LogP contribution in [-0.4, -0.2) is 42.8 Å². The molecule has 0 radical (unpaired) electrons. The topological polar surface area (TPSA) is 41.6 Å². The number of nitrogens with zero attached hydrogens (tertiary/aromatic N) is 1. The molecule has 1 amide bonds. The van der Waals surface area contributed by atoms with Crippen LogP contribution < -0.4 is 5.32 Å². The number of ether oxygens (including phenoxy) is 1. The summed E-state index contributed by atoms with van der Waals surface area (Å²) in [6.07, 6.45) is -1.04. The molecule has 0 bridgehead atoms. The predicted molar refractivity (Wildman–Crippen MR) is 137 cm³/mol. The quantitative estimate of drug-likeness (QED) is 0.393. The van der Waals surface area contributed by atoms with E-state index in [1.54, 1.807) is 20.8 Å². The maximum atomic E-state index is 14.5. The summed E-state index contributed by atoms with van der Waals surface area (Å²) in [7, 11) is 0. The van der Waals surface area contributed by atoms with Crippen molar-refractivity contribution in [1.82, 2.24) is 10.2 Å². The van der Waals surface area contributed by atoms with E-state index in [0.717, 1.165) is 37.4 Å². The Bertz CT molecular complexity index is 1100. The lowest BCUT2D eigenvalue weighted by Crippen LogP contribution is -2.42. The van der Waals surface area contributed by atoms with Gasteiger partial charge in [0, 0.05) is 36.3 Å². The summed E-state index contributed by atoms with van der Waals surface area (Å²) in [6.45, 7) is 7.60. The predicted octanol–water partition coefficient (Wildman–Crippen LogP) is 7.60.